The van der Waals surface area contributed by atoms with Crippen molar-refractivity contribution in [3.05, 3.63) is 52.0 Å². The molecule has 0 fully saturated rings. The number of ether oxygens (including phenoxy) is 1. The first-order valence-electron chi connectivity index (χ1n) is 10.9. The third-order valence-electron chi connectivity index (χ3n) is 5.61. The summed E-state index contributed by atoms with van der Waals surface area (Å²) in [5.41, 5.74) is 1.05. The highest BCUT2D eigenvalue weighted by Crippen LogP contribution is 2.34. The molecule has 2 heterocycles. The molecule has 3 rings (SSSR count). The molecule has 2 aromatic rings. The van der Waals surface area contributed by atoms with Crippen LogP contribution in [-0.2, 0) is 16.0 Å². The molecule has 1 aromatic carbocycles. The third-order valence-corrected chi connectivity index (χ3v) is 6.60. The first-order chi connectivity index (χ1) is 14.9. The minimum Gasteiger partial charge on any atom is -0.488 e. The van der Waals surface area contributed by atoms with E-state index in [1.807, 2.05) is 18.4 Å². The summed E-state index contributed by atoms with van der Waals surface area (Å²) in [6.45, 7) is 7.41. The normalized spacial score (nSPS) is 15.6. The van der Waals surface area contributed by atoms with Gasteiger partial charge in [-0.15, -0.1) is 11.3 Å². The number of amides is 2. The summed E-state index contributed by atoms with van der Waals surface area (Å²) in [7, 11) is 0. The van der Waals surface area contributed by atoms with Crippen LogP contribution in [0.5, 0.6) is 5.75 Å². The second-order valence-electron chi connectivity index (χ2n) is 8.24. The van der Waals surface area contributed by atoms with E-state index in [1.165, 1.54) is 10.9 Å². The van der Waals surface area contributed by atoms with Gasteiger partial charge in [-0.05, 0) is 47.9 Å². The van der Waals surface area contributed by atoms with Crippen LogP contribution in [0.15, 0.2) is 35.7 Å². The van der Waals surface area contributed by atoms with Gasteiger partial charge in [0.2, 0.25) is 11.8 Å². The van der Waals surface area contributed by atoms with Gasteiger partial charge in [-0.3, -0.25) is 9.59 Å². The lowest BCUT2D eigenvalue weighted by Crippen LogP contribution is -2.48. The number of carbonyl (C=O) groups excluding carboxylic acids is 2. The van der Waals surface area contributed by atoms with Gasteiger partial charge in [0, 0.05) is 24.4 Å². The van der Waals surface area contributed by atoms with Crippen molar-refractivity contribution in [2.24, 2.45) is 5.92 Å². The number of para-hydroxylation sites is 1. The lowest BCUT2D eigenvalue weighted by atomic mass is 10.00. The Kier molecular flexibility index (Phi) is 8.07. The van der Waals surface area contributed by atoms with Crippen LogP contribution in [0, 0.1) is 11.7 Å². The molecule has 1 aliphatic rings. The van der Waals surface area contributed by atoms with Gasteiger partial charge in [-0.1, -0.05) is 32.9 Å². The quantitative estimate of drug-likeness (QED) is 0.562. The van der Waals surface area contributed by atoms with Gasteiger partial charge in [0.1, 0.15) is 6.61 Å². The number of rotatable bonds is 9. The van der Waals surface area contributed by atoms with E-state index in [1.54, 1.807) is 39.3 Å². The second kappa shape index (κ2) is 10.8. The molecule has 31 heavy (non-hydrogen) atoms. The zero-order valence-corrected chi connectivity index (χ0v) is 19.3. The molecule has 0 aliphatic carbocycles. The summed E-state index contributed by atoms with van der Waals surface area (Å²) in [6.07, 6.45) is 2.01. The first kappa shape index (κ1) is 23.3. The maximum Gasteiger partial charge on any atom is 0.242 e. The number of halogens is 1. The van der Waals surface area contributed by atoms with Gasteiger partial charge >= 0.3 is 0 Å². The minimum atomic E-state index is -0.421. The SMILES string of the molecule is CCC(=O)N(CCC(C)C)CC(=O)N1CCc2sccc2[C@@H]1COc1ccccc1F. The highest BCUT2D eigenvalue weighted by molar-refractivity contribution is 7.10. The summed E-state index contributed by atoms with van der Waals surface area (Å²) in [4.78, 5) is 30.4. The smallest absolute Gasteiger partial charge is 0.242 e. The first-order valence-corrected chi connectivity index (χ1v) is 11.8. The number of nitrogens with zero attached hydrogens (tertiary/aromatic N) is 2. The van der Waals surface area contributed by atoms with Crippen molar-refractivity contribution in [2.45, 2.75) is 46.1 Å². The molecule has 7 heteroatoms. The van der Waals surface area contributed by atoms with E-state index in [0.717, 1.165) is 18.4 Å². The van der Waals surface area contributed by atoms with Crippen LogP contribution in [-0.4, -0.2) is 47.9 Å². The van der Waals surface area contributed by atoms with Crippen LogP contribution in [0.4, 0.5) is 4.39 Å². The predicted molar refractivity (Wildman–Crippen MR) is 121 cm³/mol. The molecule has 0 radical (unpaired) electrons. The average molecular weight is 447 g/mol. The fourth-order valence-corrected chi connectivity index (χ4v) is 4.72. The Morgan fingerprint density at radius 3 is 2.77 bits per heavy atom. The summed E-state index contributed by atoms with van der Waals surface area (Å²) in [5, 5.41) is 2.02. The monoisotopic (exact) mass is 446 g/mol. The Labute approximate surface area is 187 Å². The van der Waals surface area contributed by atoms with E-state index in [0.29, 0.717) is 25.4 Å². The van der Waals surface area contributed by atoms with Crippen molar-refractivity contribution in [2.75, 3.05) is 26.2 Å². The molecule has 0 unspecified atom stereocenters. The Morgan fingerprint density at radius 1 is 1.29 bits per heavy atom. The summed E-state index contributed by atoms with van der Waals surface area (Å²) >= 11 is 1.67. The summed E-state index contributed by atoms with van der Waals surface area (Å²) < 4.78 is 19.8. The zero-order chi connectivity index (χ0) is 22.4. The molecule has 1 aliphatic heterocycles. The van der Waals surface area contributed by atoms with Crippen LogP contribution in [0.25, 0.3) is 0 Å². The van der Waals surface area contributed by atoms with E-state index < -0.39 is 5.82 Å². The molecule has 0 N–H and O–H groups in total. The standard InChI is InChI=1S/C24H31FN2O3S/c1-4-23(28)26(12-9-17(2)3)15-24(29)27-13-10-22-18(11-14-31-22)20(27)16-30-21-8-6-5-7-19(21)25/h5-8,11,14,17,20H,4,9-10,12-13,15-16H2,1-3H3/t20-/m0/s1. The van der Waals surface area contributed by atoms with Gasteiger partial charge < -0.3 is 14.5 Å². The van der Waals surface area contributed by atoms with Crippen LogP contribution >= 0.6 is 11.3 Å². The lowest BCUT2D eigenvalue weighted by Gasteiger charge is -2.37. The fraction of sp³-hybridized carbons (Fsp3) is 0.500. The zero-order valence-electron chi connectivity index (χ0n) is 18.5. The second-order valence-corrected chi connectivity index (χ2v) is 9.25. The maximum absolute atomic E-state index is 14.0. The molecule has 0 saturated heterocycles. The summed E-state index contributed by atoms with van der Waals surface area (Å²) in [6, 6.07) is 8.01. The van der Waals surface area contributed by atoms with E-state index >= 15 is 0 Å². The van der Waals surface area contributed by atoms with Crippen molar-refractivity contribution in [1.29, 1.82) is 0 Å². The van der Waals surface area contributed by atoms with Crippen molar-refractivity contribution in [1.82, 2.24) is 9.80 Å². The Morgan fingerprint density at radius 2 is 2.06 bits per heavy atom. The van der Waals surface area contributed by atoms with Gasteiger partial charge in [-0.2, -0.15) is 0 Å². The van der Waals surface area contributed by atoms with E-state index in [9.17, 15) is 14.0 Å². The molecule has 1 aromatic heterocycles. The number of thiophene rings is 1. The molecule has 2 amide bonds. The largest absolute Gasteiger partial charge is 0.488 e. The van der Waals surface area contributed by atoms with Crippen LogP contribution in [0.1, 0.15) is 50.1 Å². The van der Waals surface area contributed by atoms with Gasteiger partial charge in [0.05, 0.1) is 12.6 Å². The minimum absolute atomic E-state index is 0.0126. The van der Waals surface area contributed by atoms with Crippen LogP contribution < -0.4 is 4.74 Å². The van der Waals surface area contributed by atoms with Gasteiger partial charge in [0.25, 0.3) is 0 Å². The molecular weight excluding hydrogens is 415 g/mol. The Hall–Kier alpha value is -2.41. The Bertz CT molecular complexity index is 898. The molecule has 0 bridgehead atoms. The van der Waals surface area contributed by atoms with Crippen LogP contribution in [0.2, 0.25) is 0 Å². The predicted octanol–water partition coefficient (Wildman–Crippen LogP) is 4.68. The van der Waals surface area contributed by atoms with Crippen molar-refractivity contribution >= 4 is 23.2 Å². The topological polar surface area (TPSA) is 49.9 Å². The number of hydrogen-bond acceptors (Lipinski definition) is 4. The highest BCUT2D eigenvalue weighted by atomic mass is 32.1. The van der Waals surface area contributed by atoms with Crippen molar-refractivity contribution < 1.29 is 18.7 Å². The Balaban J connectivity index is 1.76. The molecule has 0 saturated carbocycles. The van der Waals surface area contributed by atoms with Crippen molar-refractivity contribution in [3.8, 4) is 5.75 Å². The van der Waals surface area contributed by atoms with E-state index in [2.05, 4.69) is 13.8 Å². The van der Waals surface area contributed by atoms with Crippen LogP contribution in [0.3, 0.4) is 0 Å². The third kappa shape index (κ3) is 5.85. The van der Waals surface area contributed by atoms with Gasteiger partial charge in [0.15, 0.2) is 11.6 Å². The molecular formula is C24H31FN2O3S. The van der Waals surface area contributed by atoms with E-state index in [4.69, 9.17) is 4.74 Å². The van der Waals surface area contributed by atoms with E-state index in [-0.39, 0.29) is 36.8 Å². The summed E-state index contributed by atoms with van der Waals surface area (Å²) in [5.74, 6) is 0.102. The highest BCUT2D eigenvalue weighted by Gasteiger charge is 2.33. The fourth-order valence-electron chi connectivity index (χ4n) is 3.79. The lowest BCUT2D eigenvalue weighted by molar-refractivity contribution is -0.142. The molecule has 168 valence electrons. The molecule has 1 atom stereocenters. The molecule has 0 spiro atoms. The average Bonchev–Trinajstić information content (AvgIpc) is 3.24. The number of hydrogen-bond donors (Lipinski definition) is 0. The number of carbonyl (C=O) groups is 2. The van der Waals surface area contributed by atoms with Gasteiger partial charge in [-0.25, -0.2) is 4.39 Å². The van der Waals surface area contributed by atoms with Crippen molar-refractivity contribution in [3.63, 3.8) is 0 Å². The number of fused-ring (bicyclic) bond motifs is 1. The maximum atomic E-state index is 14.0. The number of benzene rings is 1. The molecule has 5 nitrogen and oxygen atoms in total.